The van der Waals surface area contributed by atoms with Crippen molar-refractivity contribution in [2.45, 2.75) is 31.7 Å². The first kappa shape index (κ1) is 19.1. The highest BCUT2D eigenvalue weighted by Crippen LogP contribution is 2.30. The van der Waals surface area contributed by atoms with Crippen LogP contribution >= 0.6 is 0 Å². The molecular weight excluding hydrogens is 366 g/mol. The summed E-state index contributed by atoms with van der Waals surface area (Å²) in [5.74, 6) is -0.956. The van der Waals surface area contributed by atoms with E-state index in [2.05, 4.69) is 11.4 Å². The molecule has 3 aromatic rings. The van der Waals surface area contributed by atoms with Gasteiger partial charge in [0.15, 0.2) is 0 Å². The van der Waals surface area contributed by atoms with Crippen molar-refractivity contribution in [2.24, 2.45) is 5.92 Å². The molecule has 0 radical (unpaired) electrons. The number of hydrogen-bond acceptors (Lipinski definition) is 4. The van der Waals surface area contributed by atoms with E-state index < -0.39 is 12.0 Å². The Bertz CT molecular complexity index is 1050. The van der Waals surface area contributed by atoms with Crippen molar-refractivity contribution in [2.75, 3.05) is 7.11 Å². The second-order valence-electron chi connectivity index (χ2n) is 7.56. The number of carbonyl (C=O) groups excluding carboxylic acids is 3. The van der Waals surface area contributed by atoms with E-state index in [1.54, 1.807) is 0 Å². The van der Waals surface area contributed by atoms with Crippen LogP contribution in [0.2, 0.25) is 0 Å². The van der Waals surface area contributed by atoms with Crippen molar-refractivity contribution in [3.05, 3.63) is 60.2 Å². The quantitative estimate of drug-likeness (QED) is 0.540. The molecule has 0 saturated heterocycles. The molecule has 148 valence electrons. The Morgan fingerprint density at radius 2 is 1.66 bits per heavy atom. The number of fused-ring (bicyclic) bond motifs is 2. The molecule has 1 aliphatic carbocycles. The van der Waals surface area contributed by atoms with Gasteiger partial charge in [-0.1, -0.05) is 48.5 Å². The zero-order valence-electron chi connectivity index (χ0n) is 16.3. The van der Waals surface area contributed by atoms with E-state index in [4.69, 9.17) is 4.74 Å². The van der Waals surface area contributed by atoms with Gasteiger partial charge < -0.3 is 10.1 Å². The molecular formula is C24H23NO4. The van der Waals surface area contributed by atoms with Gasteiger partial charge in [-0.05, 0) is 46.4 Å². The Morgan fingerprint density at radius 3 is 2.24 bits per heavy atom. The number of hydrogen-bond donors (Lipinski definition) is 1. The van der Waals surface area contributed by atoms with Crippen LogP contribution in [0, 0.1) is 5.92 Å². The molecule has 1 amide bonds. The van der Waals surface area contributed by atoms with Crippen molar-refractivity contribution in [3.8, 4) is 0 Å². The molecule has 0 aliphatic heterocycles. The highest BCUT2D eigenvalue weighted by Gasteiger charge is 2.34. The predicted octanol–water partition coefficient (Wildman–Crippen LogP) is 4.02. The molecule has 0 heterocycles. The highest BCUT2D eigenvalue weighted by molar-refractivity contribution is 6.18. The first-order valence-corrected chi connectivity index (χ1v) is 9.89. The van der Waals surface area contributed by atoms with Gasteiger partial charge in [0.2, 0.25) is 0 Å². The van der Waals surface area contributed by atoms with Gasteiger partial charge >= 0.3 is 5.97 Å². The van der Waals surface area contributed by atoms with Crippen molar-refractivity contribution >= 4 is 39.2 Å². The fourth-order valence-corrected chi connectivity index (χ4v) is 4.31. The Kier molecular flexibility index (Phi) is 5.30. The molecule has 4 rings (SSSR count). The topological polar surface area (TPSA) is 72.5 Å². The Hall–Kier alpha value is -3.21. The third-order valence-corrected chi connectivity index (χ3v) is 5.73. The average Bonchev–Trinajstić information content (AvgIpc) is 2.75. The lowest BCUT2D eigenvalue weighted by Crippen LogP contribution is -2.48. The number of rotatable bonds is 4. The van der Waals surface area contributed by atoms with E-state index >= 15 is 0 Å². The molecule has 5 heteroatoms. The van der Waals surface area contributed by atoms with Gasteiger partial charge in [-0.15, -0.1) is 0 Å². The largest absolute Gasteiger partial charge is 0.467 e. The molecule has 0 bridgehead atoms. The Balaban J connectivity index is 1.77. The number of esters is 1. The molecule has 0 aromatic heterocycles. The van der Waals surface area contributed by atoms with Crippen molar-refractivity contribution < 1.29 is 19.1 Å². The molecule has 0 unspecified atom stereocenters. The summed E-state index contributed by atoms with van der Waals surface area (Å²) in [5.41, 5.74) is 0.537. The summed E-state index contributed by atoms with van der Waals surface area (Å²) < 4.78 is 4.95. The van der Waals surface area contributed by atoms with E-state index in [-0.39, 0.29) is 24.0 Å². The number of ketones is 1. The highest BCUT2D eigenvalue weighted by atomic mass is 16.5. The predicted molar refractivity (Wildman–Crippen MR) is 112 cm³/mol. The molecule has 1 aliphatic rings. The van der Waals surface area contributed by atoms with Crippen molar-refractivity contribution in [1.29, 1.82) is 0 Å². The zero-order valence-corrected chi connectivity index (χ0v) is 16.3. The van der Waals surface area contributed by atoms with Gasteiger partial charge in [0, 0.05) is 12.8 Å². The van der Waals surface area contributed by atoms with E-state index in [0.29, 0.717) is 18.4 Å². The summed E-state index contributed by atoms with van der Waals surface area (Å²) in [6, 6.07) is 16.6. The standard InChI is InChI=1S/C24H23NO4/c1-29-24(28)22(17-9-6-10-18(26)14-17)25-23(27)21-19-11-4-2-7-15(19)13-16-8-3-5-12-20(16)21/h2-5,7-8,11-13,17,22H,6,9-10,14H2,1H3,(H,25,27)/t17-,22+/m0/s1. The van der Waals surface area contributed by atoms with Crippen LogP contribution in [0.4, 0.5) is 0 Å². The maximum atomic E-state index is 13.4. The number of amides is 1. The number of nitrogens with one attached hydrogen (secondary N) is 1. The molecule has 1 fully saturated rings. The minimum absolute atomic E-state index is 0.125. The van der Waals surface area contributed by atoms with Crippen LogP contribution in [0.1, 0.15) is 36.0 Å². The Labute approximate surface area is 169 Å². The van der Waals surface area contributed by atoms with Crippen LogP contribution in [0.3, 0.4) is 0 Å². The summed E-state index contributed by atoms with van der Waals surface area (Å²) in [4.78, 5) is 37.8. The lowest BCUT2D eigenvalue weighted by molar-refractivity contribution is -0.145. The van der Waals surface area contributed by atoms with E-state index in [1.165, 1.54) is 7.11 Å². The number of methoxy groups -OCH3 is 1. The number of Topliss-reactive ketones (excluding diaryl/α,β-unsaturated/α-hetero) is 1. The summed E-state index contributed by atoms with van der Waals surface area (Å²) >= 11 is 0. The van der Waals surface area contributed by atoms with Crippen LogP contribution in [0.5, 0.6) is 0 Å². The minimum atomic E-state index is -0.838. The summed E-state index contributed by atoms with van der Waals surface area (Å²) in [6.07, 6.45) is 2.26. The van der Waals surface area contributed by atoms with Gasteiger partial charge in [0.25, 0.3) is 5.91 Å². The summed E-state index contributed by atoms with van der Waals surface area (Å²) in [5, 5.41) is 6.46. The van der Waals surface area contributed by atoms with Crippen LogP contribution in [0.25, 0.3) is 21.5 Å². The smallest absolute Gasteiger partial charge is 0.328 e. The molecule has 3 aromatic carbocycles. The van der Waals surface area contributed by atoms with Gasteiger partial charge in [-0.25, -0.2) is 4.79 Å². The third-order valence-electron chi connectivity index (χ3n) is 5.73. The maximum Gasteiger partial charge on any atom is 0.328 e. The molecule has 29 heavy (non-hydrogen) atoms. The molecule has 1 N–H and O–H groups in total. The fraction of sp³-hybridized carbons (Fsp3) is 0.292. The van der Waals surface area contributed by atoms with Crippen LogP contribution in [-0.2, 0) is 14.3 Å². The van der Waals surface area contributed by atoms with Crippen LogP contribution < -0.4 is 5.32 Å². The second-order valence-corrected chi connectivity index (χ2v) is 7.56. The lowest BCUT2D eigenvalue weighted by atomic mass is 9.83. The minimum Gasteiger partial charge on any atom is -0.467 e. The fourth-order valence-electron chi connectivity index (χ4n) is 4.31. The Morgan fingerprint density at radius 1 is 1.03 bits per heavy atom. The average molecular weight is 389 g/mol. The lowest BCUT2D eigenvalue weighted by Gasteiger charge is -2.28. The van der Waals surface area contributed by atoms with Crippen molar-refractivity contribution in [1.82, 2.24) is 5.32 Å². The van der Waals surface area contributed by atoms with E-state index in [1.807, 2.05) is 48.5 Å². The first-order valence-electron chi connectivity index (χ1n) is 9.89. The first-order chi connectivity index (χ1) is 14.1. The molecule has 2 atom stereocenters. The maximum absolute atomic E-state index is 13.4. The van der Waals surface area contributed by atoms with Crippen LogP contribution in [-0.4, -0.2) is 30.8 Å². The molecule has 0 spiro atoms. The van der Waals surface area contributed by atoms with E-state index in [9.17, 15) is 14.4 Å². The van der Waals surface area contributed by atoms with Crippen LogP contribution in [0.15, 0.2) is 54.6 Å². The number of ether oxygens (including phenoxy) is 1. The summed E-state index contributed by atoms with van der Waals surface area (Å²) in [6.45, 7) is 0. The molecule has 5 nitrogen and oxygen atoms in total. The molecule has 1 saturated carbocycles. The van der Waals surface area contributed by atoms with E-state index in [0.717, 1.165) is 28.0 Å². The van der Waals surface area contributed by atoms with Gasteiger partial charge in [-0.2, -0.15) is 0 Å². The number of carbonyl (C=O) groups is 3. The van der Waals surface area contributed by atoms with Gasteiger partial charge in [0.1, 0.15) is 11.8 Å². The van der Waals surface area contributed by atoms with Gasteiger partial charge in [0.05, 0.1) is 12.7 Å². The third kappa shape index (κ3) is 3.73. The number of benzene rings is 3. The van der Waals surface area contributed by atoms with Gasteiger partial charge in [-0.3, -0.25) is 9.59 Å². The summed E-state index contributed by atoms with van der Waals surface area (Å²) in [7, 11) is 1.31. The van der Waals surface area contributed by atoms with Crippen molar-refractivity contribution in [3.63, 3.8) is 0 Å². The normalized spacial score (nSPS) is 17.8. The second kappa shape index (κ2) is 8.03. The monoisotopic (exact) mass is 389 g/mol. The zero-order chi connectivity index (χ0) is 20.4. The SMILES string of the molecule is COC(=O)[C@H](NC(=O)c1c2ccccc2cc2ccccc12)[C@H]1CCCC(=O)C1.